The number of hydrogen-bond acceptors (Lipinski definition) is 6. The van der Waals surface area contributed by atoms with Crippen LogP contribution in [0.4, 0.5) is 0 Å². The summed E-state index contributed by atoms with van der Waals surface area (Å²) < 4.78 is 11.3. The van der Waals surface area contributed by atoms with Crippen molar-refractivity contribution in [3.8, 4) is 11.3 Å². The van der Waals surface area contributed by atoms with Crippen molar-refractivity contribution in [1.29, 1.82) is 0 Å². The Morgan fingerprint density at radius 2 is 2.00 bits per heavy atom. The molecule has 1 atom stereocenters. The summed E-state index contributed by atoms with van der Waals surface area (Å²) in [5.74, 6) is 1.72. The Morgan fingerprint density at radius 1 is 1.19 bits per heavy atom. The Bertz CT molecular complexity index is 735. The molecule has 7 nitrogen and oxygen atoms in total. The maximum Gasteiger partial charge on any atom is 0.224 e. The van der Waals surface area contributed by atoms with E-state index in [-0.39, 0.29) is 11.9 Å². The molecular formula is C20H26N4O3. The lowest BCUT2D eigenvalue weighted by molar-refractivity contribution is -0.134. The zero-order valence-corrected chi connectivity index (χ0v) is 15.5. The summed E-state index contributed by atoms with van der Waals surface area (Å²) in [6.45, 7) is 6.03. The van der Waals surface area contributed by atoms with Crippen molar-refractivity contribution < 1.29 is 13.9 Å². The number of ether oxygens (including phenoxy) is 1. The predicted octanol–water partition coefficient (Wildman–Crippen LogP) is 1.36. The topological polar surface area (TPSA) is 70.8 Å². The van der Waals surface area contributed by atoms with Crippen molar-refractivity contribution in [2.75, 3.05) is 45.9 Å². The number of carbonyl (C=O) groups excluding carboxylic acids is 1. The number of piperazine rings is 1. The minimum atomic E-state index is 0.146. The highest BCUT2D eigenvalue weighted by Gasteiger charge is 2.25. The van der Waals surface area contributed by atoms with Crippen LogP contribution in [0.5, 0.6) is 0 Å². The van der Waals surface area contributed by atoms with Crippen LogP contribution < -0.4 is 5.32 Å². The van der Waals surface area contributed by atoms with Crippen LogP contribution >= 0.6 is 0 Å². The van der Waals surface area contributed by atoms with Crippen molar-refractivity contribution in [2.45, 2.75) is 19.0 Å². The van der Waals surface area contributed by atoms with Crippen LogP contribution in [0.15, 0.2) is 40.9 Å². The summed E-state index contributed by atoms with van der Waals surface area (Å²) in [7, 11) is 0. The van der Waals surface area contributed by atoms with Gasteiger partial charge in [-0.1, -0.05) is 30.3 Å². The molecule has 2 aliphatic heterocycles. The third kappa shape index (κ3) is 4.74. The van der Waals surface area contributed by atoms with Gasteiger partial charge in [-0.15, -0.1) is 0 Å². The van der Waals surface area contributed by atoms with E-state index in [2.05, 4.69) is 15.2 Å². The van der Waals surface area contributed by atoms with Gasteiger partial charge >= 0.3 is 0 Å². The summed E-state index contributed by atoms with van der Waals surface area (Å²) in [6.07, 6.45) is 2.30. The second kappa shape index (κ2) is 8.65. The molecule has 0 radical (unpaired) electrons. The lowest BCUT2D eigenvalue weighted by Gasteiger charge is -2.35. The fourth-order valence-corrected chi connectivity index (χ4v) is 3.56. The average Bonchev–Trinajstić information content (AvgIpc) is 3.18. The van der Waals surface area contributed by atoms with E-state index in [1.165, 1.54) is 0 Å². The van der Waals surface area contributed by atoms with Gasteiger partial charge in [0.25, 0.3) is 0 Å². The monoisotopic (exact) mass is 370 g/mol. The minimum Gasteiger partial charge on any atom is -0.439 e. The van der Waals surface area contributed by atoms with Gasteiger partial charge in [0.15, 0.2) is 5.76 Å². The second-order valence-electron chi connectivity index (χ2n) is 7.07. The summed E-state index contributed by atoms with van der Waals surface area (Å²) >= 11 is 0. The van der Waals surface area contributed by atoms with Crippen LogP contribution in [0.25, 0.3) is 11.3 Å². The normalized spacial score (nSPS) is 21.3. The molecule has 1 N–H and O–H groups in total. The van der Waals surface area contributed by atoms with Gasteiger partial charge in [-0.2, -0.15) is 0 Å². The molecule has 2 aromatic rings. The highest BCUT2D eigenvalue weighted by atomic mass is 16.5. The smallest absolute Gasteiger partial charge is 0.224 e. The van der Waals surface area contributed by atoms with E-state index in [1.54, 1.807) is 6.20 Å². The average molecular weight is 370 g/mol. The third-order valence-corrected chi connectivity index (χ3v) is 5.12. The summed E-state index contributed by atoms with van der Waals surface area (Å²) in [5, 5.41) is 3.34. The summed E-state index contributed by atoms with van der Waals surface area (Å²) in [5.41, 5.74) is 1.03. The molecule has 7 heteroatoms. The molecule has 0 aliphatic carbocycles. The third-order valence-electron chi connectivity index (χ3n) is 5.12. The quantitative estimate of drug-likeness (QED) is 0.857. The number of benzene rings is 1. The lowest BCUT2D eigenvalue weighted by atomic mass is 10.1. The van der Waals surface area contributed by atoms with E-state index in [0.717, 1.165) is 56.5 Å². The summed E-state index contributed by atoms with van der Waals surface area (Å²) in [6, 6.07) is 10.1. The van der Waals surface area contributed by atoms with Gasteiger partial charge in [-0.3, -0.25) is 9.69 Å². The number of oxazole rings is 1. The molecule has 27 heavy (non-hydrogen) atoms. The molecule has 0 spiro atoms. The van der Waals surface area contributed by atoms with Gasteiger partial charge in [0.2, 0.25) is 11.8 Å². The molecule has 144 valence electrons. The highest BCUT2D eigenvalue weighted by molar-refractivity contribution is 5.77. The molecule has 1 amide bonds. The van der Waals surface area contributed by atoms with Gasteiger partial charge < -0.3 is 19.4 Å². The molecule has 0 bridgehead atoms. The van der Waals surface area contributed by atoms with E-state index < -0.39 is 0 Å². The van der Waals surface area contributed by atoms with Crippen LogP contribution in [-0.4, -0.2) is 72.7 Å². The van der Waals surface area contributed by atoms with E-state index in [1.807, 2.05) is 35.2 Å². The Kier molecular flexibility index (Phi) is 5.81. The minimum absolute atomic E-state index is 0.146. The molecular weight excluding hydrogens is 344 g/mol. The zero-order valence-electron chi connectivity index (χ0n) is 15.5. The molecule has 4 rings (SSSR count). The number of hydrogen-bond donors (Lipinski definition) is 1. The second-order valence-corrected chi connectivity index (χ2v) is 7.07. The number of nitrogens with one attached hydrogen (secondary N) is 1. The highest BCUT2D eigenvalue weighted by Crippen LogP contribution is 2.20. The molecule has 0 saturated carbocycles. The fraction of sp³-hybridized carbons (Fsp3) is 0.500. The van der Waals surface area contributed by atoms with E-state index in [9.17, 15) is 4.79 Å². The van der Waals surface area contributed by atoms with Gasteiger partial charge in [0.1, 0.15) is 0 Å². The molecule has 2 aliphatic rings. The number of morpholine rings is 1. The Morgan fingerprint density at radius 3 is 2.74 bits per heavy atom. The van der Waals surface area contributed by atoms with Crippen molar-refractivity contribution in [1.82, 2.24) is 20.1 Å². The van der Waals surface area contributed by atoms with Crippen LogP contribution in [0.3, 0.4) is 0 Å². The standard InChI is InChI=1S/C20H26N4O3/c25-20(12-17-15-26-11-6-21-17)24-9-7-23(8-10-24)14-19-22-13-18(27-19)16-4-2-1-3-5-16/h1-5,13,17,21H,6-12,14-15H2. The molecule has 2 saturated heterocycles. The maximum atomic E-state index is 12.5. The van der Waals surface area contributed by atoms with Crippen LogP contribution in [-0.2, 0) is 16.1 Å². The number of nitrogens with zero attached hydrogens (tertiary/aromatic N) is 3. The van der Waals surface area contributed by atoms with Gasteiger partial charge in [-0.05, 0) is 0 Å². The molecule has 2 fully saturated rings. The van der Waals surface area contributed by atoms with E-state index >= 15 is 0 Å². The summed E-state index contributed by atoms with van der Waals surface area (Å²) in [4.78, 5) is 21.1. The van der Waals surface area contributed by atoms with Crippen molar-refractivity contribution >= 4 is 5.91 Å². The van der Waals surface area contributed by atoms with Crippen LogP contribution in [0.1, 0.15) is 12.3 Å². The maximum absolute atomic E-state index is 12.5. The Labute approximate surface area is 159 Å². The van der Waals surface area contributed by atoms with E-state index in [0.29, 0.717) is 19.6 Å². The van der Waals surface area contributed by atoms with Crippen molar-refractivity contribution in [3.63, 3.8) is 0 Å². The van der Waals surface area contributed by atoms with Crippen molar-refractivity contribution in [3.05, 3.63) is 42.4 Å². The molecule has 3 heterocycles. The number of aromatic nitrogens is 1. The number of carbonyl (C=O) groups is 1. The Hall–Kier alpha value is -2.22. The predicted molar refractivity (Wildman–Crippen MR) is 101 cm³/mol. The van der Waals surface area contributed by atoms with Crippen LogP contribution in [0, 0.1) is 0 Å². The first-order valence-corrected chi connectivity index (χ1v) is 9.59. The SMILES string of the molecule is O=C(CC1COCCN1)N1CCN(Cc2ncc(-c3ccccc3)o2)CC1. The van der Waals surface area contributed by atoms with Gasteiger partial charge in [-0.25, -0.2) is 4.98 Å². The molecule has 1 unspecified atom stereocenters. The Balaban J connectivity index is 1.25. The van der Waals surface area contributed by atoms with Gasteiger partial charge in [0, 0.05) is 50.7 Å². The van der Waals surface area contributed by atoms with Crippen LogP contribution in [0.2, 0.25) is 0 Å². The van der Waals surface area contributed by atoms with Gasteiger partial charge in [0.05, 0.1) is 26.0 Å². The van der Waals surface area contributed by atoms with E-state index in [4.69, 9.17) is 9.15 Å². The lowest BCUT2D eigenvalue weighted by Crippen LogP contribution is -2.51. The fourth-order valence-electron chi connectivity index (χ4n) is 3.56. The molecule has 1 aromatic heterocycles. The first-order chi connectivity index (χ1) is 13.3. The largest absolute Gasteiger partial charge is 0.439 e. The number of amides is 1. The molecule has 1 aromatic carbocycles. The first kappa shape index (κ1) is 18.2. The zero-order chi connectivity index (χ0) is 18.5. The van der Waals surface area contributed by atoms with Crippen molar-refractivity contribution in [2.24, 2.45) is 0 Å². The number of rotatable bonds is 5. The first-order valence-electron chi connectivity index (χ1n) is 9.59.